The number of carboxylic acid groups (broad SMARTS) is 1. The van der Waals surface area contributed by atoms with E-state index in [-0.39, 0.29) is 18.8 Å². The van der Waals surface area contributed by atoms with E-state index in [1.165, 1.54) is 0 Å². The van der Waals surface area contributed by atoms with Crippen molar-refractivity contribution in [2.75, 3.05) is 6.54 Å². The Hall–Kier alpha value is -3.44. The zero-order valence-electron chi connectivity index (χ0n) is 19.2. The van der Waals surface area contributed by atoms with Gasteiger partial charge in [-0.25, -0.2) is 4.79 Å². The van der Waals surface area contributed by atoms with E-state index < -0.39 is 35.9 Å². The van der Waals surface area contributed by atoms with E-state index in [2.05, 4.69) is 31.6 Å². The molecule has 0 aliphatic heterocycles. The van der Waals surface area contributed by atoms with Crippen LogP contribution in [0.1, 0.15) is 24.0 Å². The molecule has 0 aliphatic carbocycles. The van der Waals surface area contributed by atoms with Crippen molar-refractivity contribution < 1.29 is 19.5 Å². The molecule has 0 spiro atoms. The number of carbonyl (C=O) groups is 3. The molecule has 188 valence electrons. The summed E-state index contributed by atoms with van der Waals surface area (Å²) in [5.74, 6) is -2.36. The van der Waals surface area contributed by atoms with E-state index >= 15 is 0 Å². The Morgan fingerprint density at radius 1 is 0.886 bits per heavy atom. The van der Waals surface area contributed by atoms with Crippen LogP contribution >= 0.6 is 15.9 Å². The number of carbonyl (C=O) groups excluding carboxylic acids is 2. The van der Waals surface area contributed by atoms with E-state index in [1.54, 1.807) is 24.3 Å². The smallest absolute Gasteiger partial charge is 0.326 e. The Morgan fingerprint density at radius 2 is 1.46 bits per heavy atom. The summed E-state index contributed by atoms with van der Waals surface area (Å²) in [5.41, 5.74) is 18.1. The molecule has 0 bridgehead atoms. The van der Waals surface area contributed by atoms with Crippen molar-refractivity contribution in [3.63, 3.8) is 0 Å². The van der Waals surface area contributed by atoms with Gasteiger partial charge in [0, 0.05) is 23.9 Å². The molecule has 0 heterocycles. The minimum Gasteiger partial charge on any atom is -0.480 e. The summed E-state index contributed by atoms with van der Waals surface area (Å²) in [6.07, 6.45) is 1.05. The second kappa shape index (κ2) is 14.1. The second-order valence-corrected chi connectivity index (χ2v) is 8.95. The van der Waals surface area contributed by atoms with Gasteiger partial charge in [0.05, 0.1) is 6.04 Å². The lowest BCUT2D eigenvalue weighted by Crippen LogP contribution is -2.55. The van der Waals surface area contributed by atoms with E-state index in [0.29, 0.717) is 19.4 Å². The molecule has 3 atom stereocenters. The number of nitrogens with zero attached hydrogens (tertiary/aromatic N) is 1. The number of guanidine groups is 1. The van der Waals surface area contributed by atoms with Gasteiger partial charge in [-0.2, -0.15) is 0 Å². The Morgan fingerprint density at radius 3 is 2.06 bits per heavy atom. The Kier molecular flexibility index (Phi) is 11.2. The first-order valence-electron chi connectivity index (χ1n) is 11.1. The molecular weight excluding hydrogens is 516 g/mol. The maximum atomic E-state index is 13.1. The van der Waals surface area contributed by atoms with Gasteiger partial charge < -0.3 is 32.9 Å². The van der Waals surface area contributed by atoms with Gasteiger partial charge in [0.2, 0.25) is 11.8 Å². The summed E-state index contributed by atoms with van der Waals surface area (Å²) >= 11 is 3.36. The topological polar surface area (TPSA) is 186 Å². The van der Waals surface area contributed by atoms with Gasteiger partial charge in [0.15, 0.2) is 5.96 Å². The minimum absolute atomic E-state index is 0.0438. The molecule has 0 aliphatic rings. The molecule has 0 aromatic heterocycles. The summed E-state index contributed by atoms with van der Waals surface area (Å²) < 4.78 is 0.864. The quantitative estimate of drug-likeness (QED) is 0.121. The van der Waals surface area contributed by atoms with Gasteiger partial charge in [-0.3, -0.25) is 14.6 Å². The predicted molar refractivity (Wildman–Crippen MR) is 137 cm³/mol. The van der Waals surface area contributed by atoms with Crippen LogP contribution in [-0.2, 0) is 27.2 Å². The normalized spacial score (nSPS) is 13.2. The maximum absolute atomic E-state index is 13.1. The Balaban J connectivity index is 2.11. The lowest BCUT2D eigenvalue weighted by molar-refractivity contribution is -0.142. The lowest BCUT2D eigenvalue weighted by atomic mass is 10.0. The molecule has 0 fully saturated rings. The second-order valence-electron chi connectivity index (χ2n) is 8.04. The monoisotopic (exact) mass is 546 g/mol. The summed E-state index contributed by atoms with van der Waals surface area (Å²) in [6.45, 7) is 0.325. The standard InChI is InChI=1S/C24H31BrN6O4/c25-17-10-8-16(9-11-17)13-19(30-21(32)18(26)7-4-12-29-24(27)28)22(33)31-20(23(34)35)14-15-5-2-1-3-6-15/h1-3,5-6,8-11,18-20H,4,7,12-14,26H2,(H,30,32)(H,31,33)(H,34,35)(H4,27,28,29)/t18-,19-,20-/m0/s1. The van der Waals surface area contributed by atoms with Gasteiger partial charge >= 0.3 is 5.97 Å². The van der Waals surface area contributed by atoms with Crippen molar-refractivity contribution in [1.29, 1.82) is 0 Å². The van der Waals surface area contributed by atoms with E-state index in [0.717, 1.165) is 15.6 Å². The van der Waals surface area contributed by atoms with Gasteiger partial charge in [0.1, 0.15) is 12.1 Å². The SMILES string of the molecule is NC(N)=NCCC[C@H](N)C(=O)N[C@@H](Cc1ccc(Br)cc1)C(=O)N[C@@H](Cc1ccccc1)C(=O)O. The van der Waals surface area contributed by atoms with Crippen molar-refractivity contribution in [3.05, 3.63) is 70.2 Å². The van der Waals surface area contributed by atoms with Crippen LogP contribution in [0.15, 0.2) is 64.1 Å². The fraction of sp³-hybridized carbons (Fsp3) is 0.333. The minimum atomic E-state index is -1.17. The van der Waals surface area contributed by atoms with Crippen molar-refractivity contribution in [2.24, 2.45) is 22.2 Å². The Bertz CT molecular complexity index is 1010. The number of amides is 2. The molecule has 10 nitrogen and oxygen atoms in total. The highest BCUT2D eigenvalue weighted by Crippen LogP contribution is 2.13. The highest BCUT2D eigenvalue weighted by molar-refractivity contribution is 9.10. The number of nitrogens with two attached hydrogens (primary N) is 3. The maximum Gasteiger partial charge on any atom is 0.326 e. The van der Waals surface area contributed by atoms with Crippen molar-refractivity contribution in [1.82, 2.24) is 10.6 Å². The molecule has 2 rings (SSSR count). The largest absolute Gasteiger partial charge is 0.480 e. The molecule has 11 heteroatoms. The van der Waals surface area contributed by atoms with Gasteiger partial charge in [-0.15, -0.1) is 0 Å². The molecule has 2 aromatic carbocycles. The zero-order chi connectivity index (χ0) is 25.8. The zero-order valence-corrected chi connectivity index (χ0v) is 20.8. The lowest BCUT2D eigenvalue weighted by Gasteiger charge is -2.23. The van der Waals surface area contributed by atoms with Crippen molar-refractivity contribution in [2.45, 2.75) is 43.8 Å². The molecule has 0 unspecified atom stereocenters. The van der Waals surface area contributed by atoms with Crippen LogP contribution in [0, 0.1) is 0 Å². The highest BCUT2D eigenvalue weighted by atomic mass is 79.9. The summed E-state index contributed by atoms with van der Waals surface area (Å²) in [4.78, 5) is 41.5. The number of nitrogens with one attached hydrogen (secondary N) is 2. The predicted octanol–water partition coefficient (Wildman–Crippen LogP) is 0.669. The van der Waals surface area contributed by atoms with Crippen LogP contribution in [0.2, 0.25) is 0 Å². The molecule has 0 radical (unpaired) electrons. The van der Waals surface area contributed by atoms with Crippen molar-refractivity contribution in [3.8, 4) is 0 Å². The van der Waals surface area contributed by atoms with Crippen molar-refractivity contribution >= 4 is 39.7 Å². The average molecular weight is 547 g/mol. The van der Waals surface area contributed by atoms with Crippen LogP contribution in [0.25, 0.3) is 0 Å². The molecule has 9 N–H and O–H groups in total. The van der Waals surface area contributed by atoms with Crippen LogP contribution in [0.4, 0.5) is 0 Å². The molecular formula is C24H31BrN6O4. The molecule has 0 saturated carbocycles. The third-order valence-electron chi connectivity index (χ3n) is 5.19. The average Bonchev–Trinajstić information content (AvgIpc) is 2.82. The fourth-order valence-corrected chi connectivity index (χ4v) is 3.58. The van der Waals surface area contributed by atoms with Crippen LogP contribution < -0.4 is 27.8 Å². The number of rotatable bonds is 13. The third-order valence-corrected chi connectivity index (χ3v) is 5.72. The van der Waals surface area contributed by atoms with Gasteiger partial charge in [0.25, 0.3) is 0 Å². The third kappa shape index (κ3) is 10.1. The molecule has 2 amide bonds. The number of benzene rings is 2. The fourth-order valence-electron chi connectivity index (χ4n) is 3.32. The number of hydrogen-bond donors (Lipinski definition) is 6. The molecule has 35 heavy (non-hydrogen) atoms. The van der Waals surface area contributed by atoms with Crippen LogP contribution in [-0.4, -0.2) is 53.5 Å². The van der Waals surface area contributed by atoms with Crippen LogP contribution in [0.3, 0.4) is 0 Å². The number of halogens is 1. The van der Waals surface area contributed by atoms with Gasteiger partial charge in [-0.1, -0.05) is 58.4 Å². The summed E-state index contributed by atoms with van der Waals surface area (Å²) in [6, 6.07) is 13.2. The summed E-state index contributed by atoms with van der Waals surface area (Å²) in [5, 5.41) is 14.9. The van der Waals surface area contributed by atoms with E-state index in [4.69, 9.17) is 17.2 Å². The first kappa shape index (κ1) is 27.8. The first-order chi connectivity index (χ1) is 16.7. The number of aliphatic imine (C=N–C) groups is 1. The first-order valence-corrected chi connectivity index (χ1v) is 11.9. The number of aliphatic carboxylic acids is 1. The Labute approximate surface area is 212 Å². The molecule has 0 saturated heterocycles. The van der Waals surface area contributed by atoms with E-state index in [9.17, 15) is 19.5 Å². The number of carboxylic acids is 1. The van der Waals surface area contributed by atoms with E-state index in [1.807, 2.05) is 30.3 Å². The number of hydrogen-bond acceptors (Lipinski definition) is 5. The van der Waals surface area contributed by atoms with Gasteiger partial charge in [-0.05, 0) is 36.1 Å². The van der Waals surface area contributed by atoms with Crippen LogP contribution in [0.5, 0.6) is 0 Å². The highest BCUT2D eigenvalue weighted by Gasteiger charge is 2.28. The molecule has 2 aromatic rings. The summed E-state index contributed by atoms with van der Waals surface area (Å²) in [7, 11) is 0.